The predicted octanol–water partition coefficient (Wildman–Crippen LogP) is 6.88. The fourth-order valence-electron chi connectivity index (χ4n) is 4.71. The van der Waals surface area contributed by atoms with E-state index in [1.165, 1.54) is 0 Å². The average Bonchev–Trinajstić information content (AvgIpc) is 3.25. The lowest BCUT2D eigenvalue weighted by Gasteiger charge is -2.23. The van der Waals surface area contributed by atoms with Crippen LogP contribution in [0.3, 0.4) is 0 Å². The molecule has 3 aromatic carbocycles. The summed E-state index contributed by atoms with van der Waals surface area (Å²) in [5, 5.41) is 20.9. The highest BCUT2D eigenvalue weighted by molar-refractivity contribution is 6.42. The maximum Gasteiger partial charge on any atom is 0.335 e. The minimum atomic E-state index is -0.942. The second-order valence-electron chi connectivity index (χ2n) is 9.29. The summed E-state index contributed by atoms with van der Waals surface area (Å²) in [6.07, 6.45) is 5.60. The van der Waals surface area contributed by atoms with Gasteiger partial charge in [0.2, 0.25) is 5.91 Å². The van der Waals surface area contributed by atoms with E-state index in [0.29, 0.717) is 23.0 Å². The fraction of sp³-hybridized carbons (Fsp3) is 0.267. The normalized spacial score (nSPS) is 16.5. The van der Waals surface area contributed by atoms with Gasteiger partial charge in [0.15, 0.2) is 0 Å². The van der Waals surface area contributed by atoms with Gasteiger partial charge in [-0.1, -0.05) is 71.8 Å². The van der Waals surface area contributed by atoms with E-state index in [1.807, 2.05) is 60.4 Å². The average molecular weight is 538 g/mol. The lowest BCUT2D eigenvalue weighted by atomic mass is 9.97. The van der Waals surface area contributed by atoms with Gasteiger partial charge in [-0.2, -0.15) is 0 Å². The molecule has 5 nitrogen and oxygen atoms in total. The summed E-state index contributed by atoms with van der Waals surface area (Å²) in [6, 6.07) is 18.2. The number of rotatable bonds is 9. The van der Waals surface area contributed by atoms with Crippen LogP contribution < -0.4 is 0 Å². The summed E-state index contributed by atoms with van der Waals surface area (Å²) in [6.45, 7) is 2.53. The number of amides is 1. The van der Waals surface area contributed by atoms with Gasteiger partial charge >= 0.3 is 5.97 Å². The van der Waals surface area contributed by atoms with E-state index in [0.717, 1.165) is 47.1 Å². The number of aliphatic hydroxyl groups is 1. The summed E-state index contributed by atoms with van der Waals surface area (Å²) < 4.78 is 0. The van der Waals surface area contributed by atoms with Gasteiger partial charge in [0.1, 0.15) is 0 Å². The van der Waals surface area contributed by atoms with Gasteiger partial charge in [0.25, 0.3) is 0 Å². The molecule has 1 unspecified atom stereocenters. The summed E-state index contributed by atoms with van der Waals surface area (Å²) >= 11 is 12.5. The van der Waals surface area contributed by atoms with Crippen LogP contribution in [0.5, 0.6) is 0 Å². The fourth-order valence-corrected chi connectivity index (χ4v) is 5.08. The number of likely N-dealkylation sites (tertiary alicyclic amines) is 1. The van der Waals surface area contributed by atoms with E-state index in [4.69, 9.17) is 28.3 Å². The summed E-state index contributed by atoms with van der Waals surface area (Å²) in [7, 11) is 0. The third-order valence-corrected chi connectivity index (χ3v) is 7.73. The van der Waals surface area contributed by atoms with Gasteiger partial charge < -0.3 is 15.1 Å². The molecule has 7 heteroatoms. The van der Waals surface area contributed by atoms with Crippen LogP contribution in [-0.4, -0.2) is 39.6 Å². The van der Waals surface area contributed by atoms with Crippen LogP contribution in [0.15, 0.2) is 72.8 Å². The van der Waals surface area contributed by atoms with Crippen molar-refractivity contribution in [3.05, 3.63) is 105 Å². The molecule has 0 saturated carbocycles. The zero-order chi connectivity index (χ0) is 26.5. The van der Waals surface area contributed by atoms with Gasteiger partial charge in [-0.25, -0.2) is 4.79 Å². The van der Waals surface area contributed by atoms with Crippen molar-refractivity contribution in [2.45, 2.75) is 44.8 Å². The molecule has 0 bridgehead atoms. The van der Waals surface area contributed by atoms with Crippen molar-refractivity contribution in [2.24, 2.45) is 0 Å². The van der Waals surface area contributed by atoms with Crippen LogP contribution in [0.1, 0.15) is 52.4 Å². The van der Waals surface area contributed by atoms with Crippen LogP contribution in [-0.2, 0) is 11.2 Å². The Bertz CT molecular complexity index is 1320. The Morgan fingerprint density at radius 1 is 1.14 bits per heavy atom. The molecule has 0 aromatic heterocycles. The Hall–Kier alpha value is -3.12. The maximum absolute atomic E-state index is 12.5. The molecule has 2 atom stereocenters. The van der Waals surface area contributed by atoms with E-state index in [9.17, 15) is 14.7 Å². The van der Waals surface area contributed by atoms with Crippen molar-refractivity contribution in [3.8, 4) is 11.1 Å². The molecule has 1 aliphatic rings. The van der Waals surface area contributed by atoms with Gasteiger partial charge in [-0.05, 0) is 78.3 Å². The van der Waals surface area contributed by atoms with Crippen molar-refractivity contribution in [2.75, 3.05) is 6.54 Å². The third kappa shape index (κ3) is 6.42. The number of hydrogen-bond donors (Lipinski definition) is 2. The second-order valence-corrected chi connectivity index (χ2v) is 10.1. The van der Waals surface area contributed by atoms with E-state index >= 15 is 0 Å². The Kier molecular flexibility index (Phi) is 8.70. The zero-order valence-electron chi connectivity index (χ0n) is 20.5. The lowest BCUT2D eigenvalue weighted by molar-refractivity contribution is -0.128. The third-order valence-electron chi connectivity index (χ3n) is 6.83. The molecular formula is C30H29Cl2NO4. The molecule has 3 aromatic rings. The van der Waals surface area contributed by atoms with Crippen LogP contribution >= 0.6 is 23.2 Å². The van der Waals surface area contributed by atoms with Crippen LogP contribution in [0, 0.1) is 6.92 Å². The first-order valence-electron chi connectivity index (χ1n) is 12.3. The number of hydrogen-bond acceptors (Lipinski definition) is 3. The number of aryl methyl sites for hydroxylation is 1. The van der Waals surface area contributed by atoms with Crippen LogP contribution in [0.2, 0.25) is 10.0 Å². The number of nitrogens with zero attached hydrogens (tertiary/aromatic N) is 1. The first-order chi connectivity index (χ1) is 17.7. The van der Waals surface area contributed by atoms with Crippen molar-refractivity contribution in [1.82, 2.24) is 4.90 Å². The molecule has 0 spiro atoms. The highest BCUT2D eigenvalue weighted by Gasteiger charge is 2.28. The molecule has 4 rings (SSSR count). The number of benzene rings is 3. The molecule has 1 amide bonds. The van der Waals surface area contributed by atoms with E-state index in [1.54, 1.807) is 24.3 Å². The van der Waals surface area contributed by atoms with Crippen molar-refractivity contribution >= 4 is 35.1 Å². The molecule has 192 valence electrons. The largest absolute Gasteiger partial charge is 0.478 e. The molecule has 1 aliphatic heterocycles. The second kappa shape index (κ2) is 12.0. The quantitative estimate of drug-likeness (QED) is 0.291. The zero-order valence-corrected chi connectivity index (χ0v) is 22.0. The molecule has 1 saturated heterocycles. The van der Waals surface area contributed by atoms with Crippen molar-refractivity contribution in [1.29, 1.82) is 0 Å². The maximum atomic E-state index is 12.5. The molecule has 37 heavy (non-hydrogen) atoms. The summed E-state index contributed by atoms with van der Waals surface area (Å²) in [5.74, 6) is -0.829. The van der Waals surface area contributed by atoms with Crippen molar-refractivity contribution < 1.29 is 19.8 Å². The van der Waals surface area contributed by atoms with E-state index < -0.39 is 12.1 Å². The SMILES string of the molecule is Cc1c(-c2cccc(C(O)/C=C/[C@H]3CCC(=O)N3CCCc3ccc(C(=O)O)cc3)c2)ccc(Cl)c1Cl. The topological polar surface area (TPSA) is 77.8 Å². The Morgan fingerprint density at radius 3 is 2.62 bits per heavy atom. The standard InChI is InChI=1S/C30H29Cl2NO4/c1-19-25(13-14-26(31)29(19)32)22-5-2-6-23(18-22)27(34)15-11-24-12-16-28(35)33(24)17-3-4-20-7-9-21(10-8-20)30(36)37/h2,5-11,13-15,18,24,27,34H,3-4,12,16-17H2,1H3,(H,36,37)/b15-11+/t24-,27?/m0/s1. The number of carbonyl (C=O) groups excluding carboxylic acids is 1. The molecule has 1 fully saturated rings. The Balaban J connectivity index is 1.39. The Morgan fingerprint density at radius 2 is 1.89 bits per heavy atom. The van der Waals surface area contributed by atoms with Gasteiger partial charge in [0, 0.05) is 13.0 Å². The minimum absolute atomic E-state index is 0.0583. The summed E-state index contributed by atoms with van der Waals surface area (Å²) in [4.78, 5) is 25.4. The first kappa shape index (κ1) is 26.9. The minimum Gasteiger partial charge on any atom is -0.478 e. The molecule has 2 N–H and O–H groups in total. The number of aliphatic hydroxyl groups excluding tert-OH is 1. The van der Waals surface area contributed by atoms with Gasteiger partial charge in [-0.15, -0.1) is 0 Å². The number of aromatic carboxylic acids is 1. The highest BCUT2D eigenvalue weighted by atomic mass is 35.5. The molecule has 0 radical (unpaired) electrons. The highest BCUT2D eigenvalue weighted by Crippen LogP contribution is 2.34. The number of carboxylic acid groups (broad SMARTS) is 1. The number of halogens is 2. The summed E-state index contributed by atoms with van der Waals surface area (Å²) in [5.41, 5.74) is 4.83. The lowest BCUT2D eigenvalue weighted by Crippen LogP contribution is -2.33. The number of carbonyl (C=O) groups is 2. The van der Waals surface area contributed by atoms with Crippen molar-refractivity contribution in [3.63, 3.8) is 0 Å². The molecule has 0 aliphatic carbocycles. The predicted molar refractivity (Wildman–Crippen MR) is 147 cm³/mol. The van der Waals surface area contributed by atoms with Gasteiger partial charge in [0.05, 0.1) is 27.8 Å². The Labute approximate surface area is 227 Å². The van der Waals surface area contributed by atoms with Crippen LogP contribution in [0.4, 0.5) is 0 Å². The molecular weight excluding hydrogens is 509 g/mol. The van der Waals surface area contributed by atoms with Crippen LogP contribution in [0.25, 0.3) is 11.1 Å². The smallest absolute Gasteiger partial charge is 0.335 e. The van der Waals surface area contributed by atoms with E-state index in [-0.39, 0.29) is 17.5 Å². The van der Waals surface area contributed by atoms with E-state index in [2.05, 4.69) is 0 Å². The van der Waals surface area contributed by atoms with Gasteiger partial charge in [-0.3, -0.25) is 4.79 Å². The molecule has 1 heterocycles. The first-order valence-corrected chi connectivity index (χ1v) is 13.0. The monoisotopic (exact) mass is 537 g/mol. The number of carboxylic acids is 1.